The van der Waals surface area contributed by atoms with Gasteiger partial charge in [-0.05, 0) is 0 Å². The van der Waals surface area contributed by atoms with Crippen LogP contribution >= 0.6 is 0 Å². The second kappa shape index (κ2) is 4.17. The van der Waals surface area contributed by atoms with Gasteiger partial charge in [0.25, 0.3) is 5.91 Å². The molecular weight excluding hydrogens is 260 g/mol. The number of hydrogen-bond acceptors (Lipinski definition) is 8. The van der Waals surface area contributed by atoms with Gasteiger partial charge in [0.05, 0.1) is 6.61 Å². The summed E-state index contributed by atoms with van der Waals surface area (Å²) in [5, 5.41) is 13.0. The number of rotatable bonds is 3. The first-order chi connectivity index (χ1) is 9.10. The van der Waals surface area contributed by atoms with E-state index in [0.29, 0.717) is 0 Å². The third-order valence-corrected chi connectivity index (χ3v) is 2.92. The number of carbonyl (C=O) groups is 2. The molecule has 2 saturated heterocycles. The maximum Gasteiger partial charge on any atom is 0.509 e. The molecule has 1 amide bonds. The Morgan fingerprint density at radius 2 is 2.21 bits per heavy atom. The van der Waals surface area contributed by atoms with Crippen LogP contribution in [0.25, 0.3) is 0 Å². The van der Waals surface area contributed by atoms with Crippen molar-refractivity contribution in [2.24, 2.45) is 5.73 Å². The van der Waals surface area contributed by atoms with Crippen LogP contribution in [0.15, 0.2) is 6.33 Å². The van der Waals surface area contributed by atoms with Crippen molar-refractivity contribution in [3.63, 3.8) is 0 Å². The van der Waals surface area contributed by atoms with Crippen molar-refractivity contribution in [3.05, 3.63) is 12.2 Å². The van der Waals surface area contributed by atoms with Crippen molar-refractivity contribution in [1.29, 1.82) is 0 Å². The van der Waals surface area contributed by atoms with Gasteiger partial charge in [0.2, 0.25) is 5.82 Å². The number of aromatic nitrogens is 3. The summed E-state index contributed by atoms with van der Waals surface area (Å²) in [6.45, 7) is -0.342. The molecule has 10 heteroatoms. The highest BCUT2D eigenvalue weighted by molar-refractivity contribution is 5.88. The monoisotopic (exact) mass is 270 g/mol. The maximum absolute atomic E-state index is 11.1. The average Bonchev–Trinajstić information content (AvgIpc) is 3.02. The highest BCUT2D eigenvalue weighted by atomic mass is 16.8. The largest absolute Gasteiger partial charge is 0.509 e. The van der Waals surface area contributed by atoms with Gasteiger partial charge in [-0.1, -0.05) is 0 Å². The molecule has 0 spiro atoms. The van der Waals surface area contributed by atoms with E-state index in [4.69, 9.17) is 25.1 Å². The molecule has 2 aliphatic rings. The summed E-state index contributed by atoms with van der Waals surface area (Å²) in [7, 11) is 0. The lowest BCUT2D eigenvalue weighted by atomic mass is 10.1. The van der Waals surface area contributed by atoms with Crippen LogP contribution in [0.4, 0.5) is 4.79 Å². The molecule has 4 atom stereocenters. The van der Waals surface area contributed by atoms with Gasteiger partial charge < -0.3 is 25.1 Å². The van der Waals surface area contributed by atoms with E-state index in [2.05, 4.69) is 10.1 Å². The molecule has 19 heavy (non-hydrogen) atoms. The van der Waals surface area contributed by atoms with E-state index in [0.717, 1.165) is 0 Å². The van der Waals surface area contributed by atoms with Gasteiger partial charge in [-0.3, -0.25) is 4.79 Å². The zero-order valence-corrected chi connectivity index (χ0v) is 9.50. The zero-order valence-electron chi connectivity index (χ0n) is 9.50. The fraction of sp³-hybridized carbons (Fsp3) is 0.556. The normalized spacial score (nSPS) is 32.8. The minimum absolute atomic E-state index is 0.183. The molecule has 0 aliphatic carbocycles. The van der Waals surface area contributed by atoms with E-state index in [9.17, 15) is 9.59 Å². The lowest BCUT2D eigenvalue weighted by Crippen LogP contribution is -2.30. The van der Waals surface area contributed by atoms with Gasteiger partial charge in [0.1, 0.15) is 12.4 Å². The summed E-state index contributed by atoms with van der Waals surface area (Å²) >= 11 is 0. The highest BCUT2D eigenvalue weighted by Gasteiger charge is 2.55. The van der Waals surface area contributed by atoms with E-state index in [1.165, 1.54) is 11.0 Å². The van der Waals surface area contributed by atoms with Crippen molar-refractivity contribution in [2.45, 2.75) is 24.5 Å². The summed E-state index contributed by atoms with van der Waals surface area (Å²) in [5.74, 6) is -0.968. The molecule has 0 saturated carbocycles. The topological polar surface area (TPSA) is 139 Å². The number of fused-ring (bicyclic) bond motifs is 1. The standard InChI is InChI=1S/C9H10N4O6/c10-6(15)7-11-2-13(12-7)8-5-4(3(1-14)17-8)18-9(16)19-5/h2-5,8,14H,1H2,(H2,10,15)/t3-,4?,5?,8-/m1/s1. The molecule has 3 rings (SSSR count). The molecule has 0 bridgehead atoms. The maximum atomic E-state index is 11.1. The Balaban J connectivity index is 1.87. The number of aliphatic hydroxyl groups is 1. The second-order valence-electron chi connectivity index (χ2n) is 4.08. The number of amides is 1. The highest BCUT2D eigenvalue weighted by Crippen LogP contribution is 2.37. The summed E-state index contributed by atoms with van der Waals surface area (Å²) in [4.78, 5) is 25.7. The second-order valence-corrected chi connectivity index (χ2v) is 4.08. The molecule has 3 heterocycles. The molecule has 102 valence electrons. The van der Waals surface area contributed by atoms with Crippen molar-refractivity contribution in [1.82, 2.24) is 14.8 Å². The van der Waals surface area contributed by atoms with Gasteiger partial charge in [0.15, 0.2) is 18.4 Å². The number of nitrogens with zero attached hydrogens (tertiary/aromatic N) is 3. The van der Waals surface area contributed by atoms with E-state index >= 15 is 0 Å². The minimum Gasteiger partial charge on any atom is -0.424 e. The molecular formula is C9H10N4O6. The van der Waals surface area contributed by atoms with Crippen molar-refractivity contribution in [2.75, 3.05) is 6.61 Å². The van der Waals surface area contributed by atoms with Crippen LogP contribution in [0.3, 0.4) is 0 Å². The van der Waals surface area contributed by atoms with Crippen LogP contribution in [-0.4, -0.2) is 56.9 Å². The minimum atomic E-state index is -0.836. The Morgan fingerprint density at radius 1 is 1.47 bits per heavy atom. The Bertz CT molecular complexity index is 531. The van der Waals surface area contributed by atoms with E-state index in [1.54, 1.807) is 0 Å². The van der Waals surface area contributed by atoms with Crippen LogP contribution in [0, 0.1) is 0 Å². The van der Waals surface area contributed by atoms with E-state index in [-0.39, 0.29) is 12.4 Å². The van der Waals surface area contributed by atoms with E-state index < -0.39 is 36.6 Å². The Hall–Kier alpha value is -2.20. The molecule has 3 N–H and O–H groups in total. The lowest BCUT2D eigenvalue weighted by molar-refractivity contribution is -0.0767. The fourth-order valence-corrected chi connectivity index (χ4v) is 2.10. The summed E-state index contributed by atoms with van der Waals surface area (Å²) in [5.41, 5.74) is 5.04. The number of nitrogens with two attached hydrogens (primary N) is 1. The Labute approximate surface area is 106 Å². The molecule has 1 aromatic heterocycles. The first-order valence-electron chi connectivity index (χ1n) is 5.44. The molecule has 10 nitrogen and oxygen atoms in total. The molecule has 2 fully saturated rings. The Morgan fingerprint density at radius 3 is 2.84 bits per heavy atom. The summed E-state index contributed by atoms with van der Waals surface area (Å²) in [6.07, 6.45) is -2.63. The van der Waals surface area contributed by atoms with Gasteiger partial charge in [-0.25, -0.2) is 14.5 Å². The predicted octanol–water partition coefficient (Wildman–Crippen LogP) is -1.83. The van der Waals surface area contributed by atoms with Crippen LogP contribution < -0.4 is 5.73 Å². The van der Waals surface area contributed by atoms with Gasteiger partial charge in [-0.15, -0.1) is 5.10 Å². The zero-order chi connectivity index (χ0) is 13.6. The van der Waals surface area contributed by atoms with Crippen molar-refractivity contribution >= 4 is 12.1 Å². The summed E-state index contributed by atoms with van der Waals surface area (Å²) in [6, 6.07) is 0. The number of carbonyl (C=O) groups excluding carboxylic acids is 2. The predicted molar refractivity (Wildman–Crippen MR) is 54.7 cm³/mol. The fourth-order valence-electron chi connectivity index (χ4n) is 2.10. The van der Waals surface area contributed by atoms with Gasteiger partial charge in [-0.2, -0.15) is 0 Å². The average molecular weight is 270 g/mol. The number of primary amides is 1. The smallest absolute Gasteiger partial charge is 0.424 e. The first kappa shape index (κ1) is 11.9. The number of aliphatic hydroxyl groups excluding tert-OH is 1. The van der Waals surface area contributed by atoms with E-state index in [1.807, 2.05) is 0 Å². The van der Waals surface area contributed by atoms with Crippen molar-refractivity contribution in [3.8, 4) is 0 Å². The lowest BCUT2D eigenvalue weighted by Gasteiger charge is -2.14. The van der Waals surface area contributed by atoms with Crippen molar-refractivity contribution < 1.29 is 28.9 Å². The number of hydrogen-bond donors (Lipinski definition) is 2. The third-order valence-electron chi connectivity index (χ3n) is 2.92. The van der Waals surface area contributed by atoms with Crippen LogP contribution in [0.5, 0.6) is 0 Å². The SMILES string of the molecule is NC(=O)c1ncn([C@@H]2O[C@H](CO)C3OC(=O)OC32)n1. The molecule has 2 unspecified atom stereocenters. The molecule has 0 radical (unpaired) electrons. The first-order valence-corrected chi connectivity index (χ1v) is 5.44. The van der Waals surface area contributed by atoms with Crippen LogP contribution in [0.2, 0.25) is 0 Å². The quantitative estimate of drug-likeness (QED) is 0.611. The van der Waals surface area contributed by atoms with Crippen LogP contribution in [0.1, 0.15) is 16.8 Å². The molecule has 0 aromatic carbocycles. The van der Waals surface area contributed by atoms with Gasteiger partial charge >= 0.3 is 6.16 Å². The Kier molecular flexibility index (Phi) is 2.61. The molecule has 2 aliphatic heterocycles. The number of ether oxygens (including phenoxy) is 3. The molecule has 1 aromatic rings. The summed E-state index contributed by atoms with van der Waals surface area (Å²) < 4.78 is 16.5. The third kappa shape index (κ3) is 1.81. The van der Waals surface area contributed by atoms with Gasteiger partial charge in [0, 0.05) is 0 Å². The van der Waals surface area contributed by atoms with Crippen LogP contribution in [-0.2, 0) is 14.2 Å².